The number of sulfonamides is 1. The summed E-state index contributed by atoms with van der Waals surface area (Å²) in [5.74, 6) is -0.825. The minimum Gasteiger partial charge on any atom is -0.443 e. The van der Waals surface area contributed by atoms with E-state index in [1.165, 1.54) is 24.4 Å². The molecule has 13 heteroatoms. The molecule has 1 aliphatic heterocycles. The highest BCUT2D eigenvalue weighted by Gasteiger charge is 2.40. The molecule has 0 N–H and O–H groups in total. The topological polar surface area (TPSA) is 106 Å². The first-order valence-corrected chi connectivity index (χ1v) is 13.0. The Balaban J connectivity index is 1.28. The fraction of sp³-hybridized carbons (Fsp3) is 0.280. The first kappa shape index (κ1) is 25.9. The lowest BCUT2D eigenvalue weighted by molar-refractivity contribution is -0.141. The average molecular weight is 549 g/mol. The number of hydrogen-bond donors (Lipinski definition) is 0. The van der Waals surface area contributed by atoms with Crippen molar-refractivity contribution < 1.29 is 35.2 Å². The van der Waals surface area contributed by atoms with Crippen LogP contribution in [0.15, 0.2) is 64.5 Å². The van der Waals surface area contributed by atoms with Gasteiger partial charge in [-0.25, -0.2) is 17.8 Å². The Labute approximate surface area is 214 Å². The van der Waals surface area contributed by atoms with Crippen LogP contribution in [0.3, 0.4) is 0 Å². The van der Waals surface area contributed by atoms with Gasteiger partial charge < -0.3 is 4.42 Å². The third-order valence-corrected chi connectivity index (χ3v) is 8.04. The Bertz CT molecular complexity index is 1600. The summed E-state index contributed by atoms with van der Waals surface area (Å²) in [6.45, 7) is 0.143. The average Bonchev–Trinajstić information content (AvgIpc) is 3.55. The standard InChI is InChI=1S/C25H20F4N4O4S/c26-17-3-6-22-16(10-17)12-24(37-22)38(35,36)33-9-1-2-20(33)21(34)5-4-18-11-15(7-8-30-18)19-13-32-23(14-31-19)25(27,28)29/h3,6-8,10-14,20H,1-2,4-5,9H2/t20-/m0/s1. The number of nitrogens with zero attached hydrogens (tertiary/aromatic N) is 4. The summed E-state index contributed by atoms with van der Waals surface area (Å²) >= 11 is 0. The molecule has 4 aromatic rings. The lowest BCUT2D eigenvalue weighted by Crippen LogP contribution is -2.40. The third kappa shape index (κ3) is 5.16. The SMILES string of the molecule is O=C(CCc1cc(-c2cnc(C(F)(F)F)cn2)ccn1)[C@@H]1CCCN1S(=O)(=O)c1cc2cc(F)ccc2o1. The number of hydrogen-bond acceptors (Lipinski definition) is 7. The molecule has 1 fully saturated rings. The highest BCUT2D eigenvalue weighted by atomic mass is 32.2. The Morgan fingerprint density at radius 3 is 2.63 bits per heavy atom. The number of ketones is 1. The van der Waals surface area contributed by atoms with Crippen LogP contribution in [-0.2, 0) is 27.4 Å². The molecule has 5 rings (SSSR count). The molecule has 3 aromatic heterocycles. The molecule has 1 aromatic carbocycles. The molecule has 0 aliphatic carbocycles. The van der Waals surface area contributed by atoms with Gasteiger partial charge in [-0.3, -0.25) is 14.8 Å². The van der Waals surface area contributed by atoms with Crippen molar-refractivity contribution in [3.05, 3.63) is 72.2 Å². The summed E-state index contributed by atoms with van der Waals surface area (Å²) in [5.41, 5.74) is 0.300. The molecule has 0 spiro atoms. The highest BCUT2D eigenvalue weighted by Crippen LogP contribution is 2.32. The van der Waals surface area contributed by atoms with E-state index in [0.717, 1.165) is 16.6 Å². The summed E-state index contributed by atoms with van der Waals surface area (Å²) in [6, 6.07) is 7.20. The van der Waals surface area contributed by atoms with Gasteiger partial charge in [-0.2, -0.15) is 17.5 Å². The predicted octanol–water partition coefficient (Wildman–Crippen LogP) is 4.80. The molecule has 198 valence electrons. The van der Waals surface area contributed by atoms with Crippen LogP contribution in [0.25, 0.3) is 22.2 Å². The van der Waals surface area contributed by atoms with Gasteiger partial charge in [-0.15, -0.1) is 0 Å². The molecule has 4 heterocycles. The maximum atomic E-state index is 13.5. The van der Waals surface area contributed by atoms with Crippen molar-refractivity contribution in [3.63, 3.8) is 0 Å². The fourth-order valence-electron chi connectivity index (χ4n) is 4.40. The molecular weight excluding hydrogens is 528 g/mol. The van der Waals surface area contributed by atoms with Crippen molar-refractivity contribution in [2.24, 2.45) is 0 Å². The van der Waals surface area contributed by atoms with Gasteiger partial charge in [0, 0.05) is 41.9 Å². The second-order valence-electron chi connectivity index (χ2n) is 8.81. The number of halogens is 4. The lowest BCUT2D eigenvalue weighted by Gasteiger charge is -2.21. The van der Waals surface area contributed by atoms with Crippen LogP contribution in [0.2, 0.25) is 0 Å². The van der Waals surface area contributed by atoms with Crippen molar-refractivity contribution in [1.82, 2.24) is 19.3 Å². The van der Waals surface area contributed by atoms with Crippen molar-refractivity contribution in [2.45, 2.75) is 43.0 Å². The maximum absolute atomic E-state index is 13.5. The van der Waals surface area contributed by atoms with Gasteiger partial charge in [0.1, 0.15) is 11.4 Å². The van der Waals surface area contributed by atoms with Crippen molar-refractivity contribution in [3.8, 4) is 11.3 Å². The summed E-state index contributed by atoms with van der Waals surface area (Å²) in [6.07, 6.45) is -0.462. The van der Waals surface area contributed by atoms with E-state index in [1.807, 2.05) is 0 Å². The van der Waals surface area contributed by atoms with Gasteiger partial charge >= 0.3 is 6.18 Å². The third-order valence-electron chi connectivity index (χ3n) is 6.28. The van der Waals surface area contributed by atoms with Gasteiger partial charge in [-0.05, 0) is 49.6 Å². The van der Waals surface area contributed by atoms with Gasteiger partial charge in [0.25, 0.3) is 10.0 Å². The van der Waals surface area contributed by atoms with Crippen LogP contribution >= 0.6 is 0 Å². The van der Waals surface area contributed by atoms with E-state index >= 15 is 0 Å². The molecule has 38 heavy (non-hydrogen) atoms. The van der Waals surface area contributed by atoms with Crippen LogP contribution < -0.4 is 0 Å². The fourth-order valence-corrected chi connectivity index (χ4v) is 6.03. The van der Waals surface area contributed by atoms with E-state index in [2.05, 4.69) is 15.0 Å². The maximum Gasteiger partial charge on any atom is 0.434 e. The molecular formula is C25H20F4N4O4S. The summed E-state index contributed by atoms with van der Waals surface area (Å²) in [7, 11) is -4.13. The van der Waals surface area contributed by atoms with E-state index in [4.69, 9.17) is 4.42 Å². The normalized spacial score (nSPS) is 16.8. The van der Waals surface area contributed by atoms with Crippen LogP contribution in [-0.4, -0.2) is 46.0 Å². The minimum atomic E-state index is -4.60. The van der Waals surface area contributed by atoms with Crippen LogP contribution in [0.1, 0.15) is 30.7 Å². The zero-order chi connectivity index (χ0) is 27.1. The number of rotatable bonds is 7. The number of Topliss-reactive ketones (excluding diaryl/α,β-unsaturated/α-hetero) is 1. The quantitative estimate of drug-likeness (QED) is 0.306. The van der Waals surface area contributed by atoms with Crippen molar-refractivity contribution >= 4 is 26.8 Å². The smallest absolute Gasteiger partial charge is 0.434 e. The number of aryl methyl sites for hydroxylation is 1. The van der Waals surface area contributed by atoms with E-state index in [-0.39, 0.29) is 41.5 Å². The Morgan fingerprint density at radius 2 is 1.89 bits per heavy atom. The number of carbonyl (C=O) groups is 1. The van der Waals surface area contributed by atoms with E-state index in [0.29, 0.717) is 35.7 Å². The lowest BCUT2D eigenvalue weighted by atomic mass is 10.0. The summed E-state index contributed by atoms with van der Waals surface area (Å²) < 4.78 is 84.8. The number of pyridine rings is 1. The van der Waals surface area contributed by atoms with E-state index < -0.39 is 33.8 Å². The predicted molar refractivity (Wildman–Crippen MR) is 127 cm³/mol. The second-order valence-corrected chi connectivity index (χ2v) is 10.6. The number of carbonyl (C=O) groups excluding carboxylic acids is 1. The van der Waals surface area contributed by atoms with E-state index in [1.54, 1.807) is 12.1 Å². The molecule has 0 saturated carbocycles. The van der Waals surface area contributed by atoms with Gasteiger partial charge in [0.05, 0.1) is 24.1 Å². The zero-order valence-electron chi connectivity index (χ0n) is 19.7. The monoisotopic (exact) mass is 548 g/mol. The Morgan fingerprint density at radius 1 is 1.08 bits per heavy atom. The molecule has 1 saturated heterocycles. The van der Waals surface area contributed by atoms with Crippen molar-refractivity contribution in [1.29, 1.82) is 0 Å². The molecule has 8 nitrogen and oxygen atoms in total. The number of fused-ring (bicyclic) bond motifs is 1. The molecule has 0 bridgehead atoms. The molecule has 1 aliphatic rings. The van der Waals surface area contributed by atoms with Crippen LogP contribution in [0.5, 0.6) is 0 Å². The summed E-state index contributed by atoms with van der Waals surface area (Å²) in [4.78, 5) is 24.5. The van der Waals surface area contributed by atoms with Gasteiger partial charge in [0.2, 0.25) is 5.09 Å². The number of aromatic nitrogens is 3. The number of alkyl halides is 3. The molecule has 0 amide bonds. The molecule has 0 unspecified atom stereocenters. The second kappa shape index (κ2) is 9.87. The first-order chi connectivity index (χ1) is 18.0. The van der Waals surface area contributed by atoms with Crippen LogP contribution in [0, 0.1) is 5.82 Å². The van der Waals surface area contributed by atoms with Crippen LogP contribution in [0.4, 0.5) is 17.6 Å². The number of furan rings is 1. The summed E-state index contributed by atoms with van der Waals surface area (Å²) in [5, 5.41) is -0.0563. The van der Waals surface area contributed by atoms with E-state index in [9.17, 15) is 30.8 Å². The first-order valence-electron chi connectivity index (χ1n) is 11.6. The highest BCUT2D eigenvalue weighted by molar-refractivity contribution is 7.89. The minimum absolute atomic E-state index is 0.00281. The number of benzene rings is 1. The van der Waals surface area contributed by atoms with Gasteiger partial charge in [-0.1, -0.05) is 0 Å². The van der Waals surface area contributed by atoms with Crippen molar-refractivity contribution in [2.75, 3.05) is 6.54 Å². The molecule has 0 radical (unpaired) electrons. The zero-order valence-corrected chi connectivity index (χ0v) is 20.5. The Hall–Kier alpha value is -3.71. The Kier molecular flexibility index (Phi) is 6.73. The molecule has 1 atom stereocenters. The largest absolute Gasteiger partial charge is 0.443 e. The van der Waals surface area contributed by atoms with Gasteiger partial charge in [0.15, 0.2) is 11.5 Å².